The number of halogens is 2. The molecule has 0 aliphatic heterocycles. The number of ether oxygens (including phenoxy) is 1. The van der Waals surface area contributed by atoms with Crippen molar-refractivity contribution < 1.29 is 4.74 Å². The molecule has 0 heterocycles. The molecule has 0 aliphatic rings. The highest BCUT2D eigenvalue weighted by Crippen LogP contribution is 2.35. The molecule has 0 amide bonds. The monoisotopic (exact) mass is 295 g/mol. The second kappa shape index (κ2) is 6.29. The van der Waals surface area contributed by atoms with E-state index in [-0.39, 0.29) is 0 Å². The van der Waals surface area contributed by atoms with Gasteiger partial charge >= 0.3 is 0 Å². The van der Waals surface area contributed by atoms with Crippen LogP contribution >= 0.6 is 23.2 Å². The van der Waals surface area contributed by atoms with Crippen LogP contribution in [0.2, 0.25) is 10.0 Å². The third-order valence-electron chi connectivity index (χ3n) is 2.77. The van der Waals surface area contributed by atoms with Crippen molar-refractivity contribution in [2.45, 2.75) is 13.3 Å². The zero-order valence-electron chi connectivity index (χ0n) is 10.6. The van der Waals surface area contributed by atoms with Crippen molar-refractivity contribution in [3.05, 3.63) is 57.6 Å². The Balaban J connectivity index is 2.35. The van der Waals surface area contributed by atoms with Gasteiger partial charge in [0.05, 0.1) is 5.02 Å². The third-order valence-corrected chi connectivity index (χ3v) is 3.57. The summed E-state index contributed by atoms with van der Waals surface area (Å²) in [6.07, 6.45) is 0.759. The number of aryl methyl sites for hydroxylation is 1. The summed E-state index contributed by atoms with van der Waals surface area (Å²) in [6.45, 7) is 2.61. The fourth-order valence-electron chi connectivity index (χ4n) is 1.84. The smallest absolute Gasteiger partial charge is 0.147 e. The quantitative estimate of drug-likeness (QED) is 0.895. The molecule has 0 unspecified atom stereocenters. The van der Waals surface area contributed by atoms with Crippen molar-refractivity contribution in [1.82, 2.24) is 0 Å². The second-order valence-electron chi connectivity index (χ2n) is 4.30. The van der Waals surface area contributed by atoms with Crippen LogP contribution < -0.4 is 10.5 Å². The van der Waals surface area contributed by atoms with E-state index >= 15 is 0 Å². The van der Waals surface area contributed by atoms with Gasteiger partial charge in [-0.3, -0.25) is 0 Å². The molecule has 0 atom stereocenters. The Hall–Kier alpha value is -1.22. The van der Waals surface area contributed by atoms with E-state index in [1.165, 1.54) is 5.56 Å². The van der Waals surface area contributed by atoms with Crippen molar-refractivity contribution >= 4 is 23.2 Å². The minimum absolute atomic E-state index is 0.420. The van der Waals surface area contributed by atoms with Gasteiger partial charge in [-0.15, -0.1) is 0 Å². The van der Waals surface area contributed by atoms with Gasteiger partial charge in [0.25, 0.3) is 0 Å². The van der Waals surface area contributed by atoms with Crippen LogP contribution in [0.25, 0.3) is 0 Å². The predicted molar refractivity (Wildman–Crippen MR) is 80.5 cm³/mol. The summed E-state index contributed by atoms with van der Waals surface area (Å²) >= 11 is 12.1. The maximum Gasteiger partial charge on any atom is 0.147 e. The van der Waals surface area contributed by atoms with Gasteiger partial charge in [0, 0.05) is 0 Å². The number of nitrogens with two attached hydrogens (primary N) is 1. The van der Waals surface area contributed by atoms with Crippen LogP contribution in [-0.2, 0) is 6.42 Å². The molecule has 4 heteroatoms. The first kappa shape index (κ1) is 14.2. The molecule has 2 aromatic carbocycles. The van der Waals surface area contributed by atoms with Gasteiger partial charge < -0.3 is 10.5 Å². The van der Waals surface area contributed by atoms with Crippen molar-refractivity contribution in [2.75, 3.05) is 6.54 Å². The Labute approximate surface area is 123 Å². The fraction of sp³-hybridized carbons (Fsp3) is 0.200. The summed E-state index contributed by atoms with van der Waals surface area (Å²) in [6, 6.07) is 11.3. The highest BCUT2D eigenvalue weighted by molar-refractivity contribution is 6.42. The lowest BCUT2D eigenvalue weighted by Gasteiger charge is -2.13. The molecule has 2 N–H and O–H groups in total. The lowest BCUT2D eigenvalue weighted by atomic mass is 10.1. The van der Waals surface area contributed by atoms with Crippen molar-refractivity contribution in [3.63, 3.8) is 0 Å². The molecule has 0 saturated carbocycles. The van der Waals surface area contributed by atoms with E-state index in [0.717, 1.165) is 17.7 Å². The first-order valence-electron chi connectivity index (χ1n) is 6.03. The number of hydrogen-bond acceptors (Lipinski definition) is 2. The molecule has 0 fully saturated rings. The molecule has 2 rings (SSSR count). The van der Waals surface area contributed by atoms with Crippen molar-refractivity contribution in [2.24, 2.45) is 5.73 Å². The van der Waals surface area contributed by atoms with E-state index in [1.807, 2.05) is 19.1 Å². The number of benzene rings is 2. The van der Waals surface area contributed by atoms with Gasteiger partial charge in [0.15, 0.2) is 0 Å². The highest BCUT2D eigenvalue weighted by Gasteiger charge is 2.09. The maximum absolute atomic E-state index is 6.12. The summed E-state index contributed by atoms with van der Waals surface area (Å²) in [7, 11) is 0. The molecule has 0 spiro atoms. The Kier molecular flexibility index (Phi) is 4.70. The molecule has 2 aromatic rings. The summed E-state index contributed by atoms with van der Waals surface area (Å²) < 4.78 is 5.86. The van der Waals surface area contributed by atoms with Gasteiger partial charge in [-0.2, -0.15) is 0 Å². The summed E-state index contributed by atoms with van der Waals surface area (Å²) in [4.78, 5) is 0. The first-order chi connectivity index (χ1) is 9.11. The molecule has 19 heavy (non-hydrogen) atoms. The predicted octanol–water partition coefficient (Wildman–Crippen LogP) is 4.60. The lowest BCUT2D eigenvalue weighted by molar-refractivity contribution is 0.476. The topological polar surface area (TPSA) is 35.2 Å². The average Bonchev–Trinajstić information content (AvgIpc) is 2.38. The van der Waals surface area contributed by atoms with Crippen LogP contribution in [0.4, 0.5) is 0 Å². The second-order valence-corrected chi connectivity index (χ2v) is 5.09. The Morgan fingerprint density at radius 1 is 1.11 bits per heavy atom. The van der Waals surface area contributed by atoms with Gasteiger partial charge in [-0.05, 0) is 43.7 Å². The summed E-state index contributed by atoms with van der Waals surface area (Å²) in [5.41, 5.74) is 7.87. The van der Waals surface area contributed by atoms with Gasteiger partial charge in [0.2, 0.25) is 0 Å². The summed E-state index contributed by atoms with van der Waals surface area (Å²) in [5.74, 6) is 1.32. The minimum Gasteiger partial charge on any atom is -0.455 e. The molecular formula is C15H15Cl2NO. The zero-order valence-corrected chi connectivity index (χ0v) is 12.1. The average molecular weight is 296 g/mol. The van der Waals surface area contributed by atoms with Crippen molar-refractivity contribution in [1.29, 1.82) is 0 Å². The van der Waals surface area contributed by atoms with Crippen LogP contribution in [0.3, 0.4) is 0 Å². The molecule has 0 saturated heterocycles. The van der Waals surface area contributed by atoms with Crippen molar-refractivity contribution in [3.8, 4) is 11.5 Å². The Morgan fingerprint density at radius 3 is 2.63 bits per heavy atom. The van der Waals surface area contributed by atoms with Crippen LogP contribution in [0.15, 0.2) is 36.4 Å². The maximum atomic E-state index is 6.12. The first-order valence-corrected chi connectivity index (χ1v) is 6.79. The zero-order chi connectivity index (χ0) is 13.8. The number of rotatable bonds is 4. The Bertz CT molecular complexity index is 584. The molecule has 0 aliphatic carbocycles. The molecule has 2 nitrogen and oxygen atoms in total. The number of hydrogen-bond donors (Lipinski definition) is 1. The fourth-order valence-corrected chi connectivity index (χ4v) is 2.17. The van der Waals surface area contributed by atoms with Gasteiger partial charge in [-0.1, -0.05) is 47.0 Å². The lowest BCUT2D eigenvalue weighted by Crippen LogP contribution is -2.04. The van der Waals surface area contributed by atoms with E-state index in [1.54, 1.807) is 18.2 Å². The minimum atomic E-state index is 0.420. The van der Waals surface area contributed by atoms with Gasteiger partial charge in [0.1, 0.15) is 16.5 Å². The highest BCUT2D eigenvalue weighted by atomic mass is 35.5. The molecule has 0 radical (unpaired) electrons. The Morgan fingerprint density at radius 2 is 1.89 bits per heavy atom. The normalized spacial score (nSPS) is 10.5. The van der Waals surface area contributed by atoms with E-state index < -0.39 is 0 Å². The van der Waals surface area contributed by atoms with E-state index in [0.29, 0.717) is 22.3 Å². The van der Waals surface area contributed by atoms with E-state index in [2.05, 4.69) is 6.07 Å². The van der Waals surface area contributed by atoms with Crippen LogP contribution in [0, 0.1) is 6.92 Å². The van der Waals surface area contributed by atoms with E-state index in [9.17, 15) is 0 Å². The molecule has 100 valence electrons. The molecule has 0 bridgehead atoms. The molecular weight excluding hydrogens is 281 g/mol. The SMILES string of the molecule is Cc1ccc(Oc2cccc(Cl)c2Cl)c(CCN)c1. The third kappa shape index (κ3) is 3.41. The van der Waals surface area contributed by atoms with Gasteiger partial charge in [-0.25, -0.2) is 0 Å². The van der Waals surface area contributed by atoms with Crippen LogP contribution in [0.1, 0.15) is 11.1 Å². The van der Waals surface area contributed by atoms with Crippen LogP contribution in [-0.4, -0.2) is 6.54 Å². The van der Waals surface area contributed by atoms with E-state index in [4.69, 9.17) is 33.7 Å². The standard InChI is InChI=1S/C15H15Cl2NO/c1-10-5-6-13(11(9-10)7-8-18)19-14-4-2-3-12(16)15(14)17/h2-6,9H,7-8,18H2,1H3. The largest absolute Gasteiger partial charge is 0.455 e. The van der Waals surface area contributed by atoms with Crippen LogP contribution in [0.5, 0.6) is 11.5 Å². The summed E-state index contributed by atoms with van der Waals surface area (Å²) in [5, 5.41) is 0.898. The molecule has 0 aromatic heterocycles.